The lowest BCUT2D eigenvalue weighted by atomic mass is 9.94. The number of thiophene rings is 1. The lowest BCUT2D eigenvalue weighted by molar-refractivity contribution is -0.0612. The first-order valence-corrected chi connectivity index (χ1v) is 7.42. The molecule has 1 N–H and O–H groups in total. The zero-order valence-electron chi connectivity index (χ0n) is 9.30. The van der Waals surface area contributed by atoms with Gasteiger partial charge in [0.05, 0.1) is 5.60 Å². The lowest BCUT2D eigenvalue weighted by Crippen LogP contribution is -2.62. The quantitative estimate of drug-likeness (QED) is 0.889. The van der Waals surface area contributed by atoms with Gasteiger partial charge < -0.3 is 5.11 Å². The number of aryl methyl sites for hydroxylation is 1. The van der Waals surface area contributed by atoms with Crippen molar-refractivity contribution in [2.24, 2.45) is 0 Å². The van der Waals surface area contributed by atoms with E-state index in [1.165, 1.54) is 15.6 Å². The number of β-amino-alcohol motifs (C(OH)–C–C–N with tert-alkyl or cyclic N) is 1. The molecule has 1 fully saturated rings. The zero-order chi connectivity index (χ0) is 12.0. The van der Waals surface area contributed by atoms with Crippen molar-refractivity contribution in [3.05, 3.63) is 17.0 Å². The second-order valence-electron chi connectivity index (χ2n) is 4.22. The summed E-state index contributed by atoms with van der Waals surface area (Å²) in [7, 11) is -3.37. The largest absolute Gasteiger partial charge is 0.387 e. The van der Waals surface area contributed by atoms with Gasteiger partial charge in [-0.25, -0.2) is 8.42 Å². The van der Waals surface area contributed by atoms with E-state index in [0.717, 1.165) is 4.88 Å². The number of aliphatic hydroxyl groups is 1. The van der Waals surface area contributed by atoms with E-state index < -0.39 is 15.6 Å². The van der Waals surface area contributed by atoms with Gasteiger partial charge in [-0.1, -0.05) is 6.92 Å². The van der Waals surface area contributed by atoms with E-state index in [9.17, 15) is 13.5 Å². The molecule has 1 aromatic heterocycles. The molecule has 0 aliphatic carbocycles. The first-order valence-electron chi connectivity index (χ1n) is 5.16. The molecular weight excluding hydrogens is 246 g/mol. The molecular formula is C10H15NO3S2. The average Bonchev–Trinajstić information content (AvgIpc) is 2.60. The smallest absolute Gasteiger partial charge is 0.252 e. The van der Waals surface area contributed by atoms with Crippen molar-refractivity contribution in [1.82, 2.24) is 4.31 Å². The second-order valence-corrected chi connectivity index (χ2v) is 7.67. The summed E-state index contributed by atoms with van der Waals surface area (Å²) in [6, 6.07) is 3.42. The van der Waals surface area contributed by atoms with Crippen LogP contribution in [0.1, 0.15) is 18.2 Å². The number of rotatable bonds is 3. The van der Waals surface area contributed by atoms with Crippen molar-refractivity contribution < 1.29 is 13.5 Å². The highest BCUT2D eigenvalue weighted by Crippen LogP contribution is 2.32. The van der Waals surface area contributed by atoms with Gasteiger partial charge in [0, 0.05) is 18.0 Å². The van der Waals surface area contributed by atoms with E-state index in [0.29, 0.717) is 10.6 Å². The molecule has 6 heteroatoms. The van der Waals surface area contributed by atoms with Crippen LogP contribution in [-0.2, 0) is 10.0 Å². The van der Waals surface area contributed by atoms with Crippen molar-refractivity contribution in [3.63, 3.8) is 0 Å². The van der Waals surface area contributed by atoms with Crippen molar-refractivity contribution in [2.75, 3.05) is 13.1 Å². The molecule has 0 amide bonds. The highest BCUT2D eigenvalue weighted by atomic mass is 32.2. The number of nitrogens with zero attached hydrogens (tertiary/aromatic N) is 1. The summed E-state index contributed by atoms with van der Waals surface area (Å²) in [6.07, 6.45) is 0.586. The van der Waals surface area contributed by atoms with E-state index in [2.05, 4.69) is 0 Å². The summed E-state index contributed by atoms with van der Waals surface area (Å²) in [5.74, 6) is 0. The first-order chi connectivity index (χ1) is 7.37. The Morgan fingerprint density at radius 3 is 2.56 bits per heavy atom. The number of hydrogen-bond acceptors (Lipinski definition) is 4. The minimum atomic E-state index is -3.37. The molecule has 1 saturated heterocycles. The van der Waals surface area contributed by atoms with Crippen molar-refractivity contribution in [1.29, 1.82) is 0 Å². The van der Waals surface area contributed by atoms with Crippen LogP contribution in [0.3, 0.4) is 0 Å². The van der Waals surface area contributed by atoms with Crippen molar-refractivity contribution in [3.8, 4) is 0 Å². The summed E-state index contributed by atoms with van der Waals surface area (Å²) in [5.41, 5.74) is -0.820. The molecule has 0 spiro atoms. The Morgan fingerprint density at radius 1 is 1.50 bits per heavy atom. The van der Waals surface area contributed by atoms with Crippen LogP contribution in [0.5, 0.6) is 0 Å². The molecule has 0 unspecified atom stereocenters. The van der Waals surface area contributed by atoms with Gasteiger partial charge in [-0.3, -0.25) is 0 Å². The molecule has 0 atom stereocenters. The van der Waals surface area contributed by atoms with Crippen LogP contribution in [0.25, 0.3) is 0 Å². The summed E-state index contributed by atoms with van der Waals surface area (Å²) in [4.78, 5) is 0.977. The standard InChI is InChI=1S/C10H15NO3S2/c1-3-10(12)6-11(7-10)16(13,14)9-5-4-8(2)15-9/h4-5,12H,3,6-7H2,1-2H3. The van der Waals surface area contributed by atoms with Gasteiger partial charge in [-0.2, -0.15) is 4.31 Å². The normalized spacial score (nSPS) is 20.7. The number of hydrogen-bond donors (Lipinski definition) is 1. The fraction of sp³-hybridized carbons (Fsp3) is 0.600. The first kappa shape index (κ1) is 12.0. The van der Waals surface area contributed by atoms with E-state index in [-0.39, 0.29) is 13.1 Å². The predicted molar refractivity (Wildman–Crippen MR) is 63.1 cm³/mol. The molecule has 16 heavy (non-hydrogen) atoms. The molecule has 0 aromatic carbocycles. The van der Waals surface area contributed by atoms with E-state index in [4.69, 9.17) is 0 Å². The van der Waals surface area contributed by atoms with Crippen LogP contribution in [0.4, 0.5) is 0 Å². The third-order valence-corrected chi connectivity index (χ3v) is 6.17. The third kappa shape index (κ3) is 1.90. The molecule has 2 rings (SSSR count). The van der Waals surface area contributed by atoms with Crippen LogP contribution in [0.2, 0.25) is 0 Å². The van der Waals surface area contributed by atoms with Crippen LogP contribution in [0, 0.1) is 6.92 Å². The maximum Gasteiger partial charge on any atom is 0.252 e. The Kier molecular flexibility index (Phi) is 2.86. The monoisotopic (exact) mass is 261 g/mol. The summed E-state index contributed by atoms with van der Waals surface area (Å²) in [5, 5.41) is 9.80. The maximum absolute atomic E-state index is 12.1. The molecule has 0 saturated carbocycles. The van der Waals surface area contributed by atoms with E-state index in [1.54, 1.807) is 12.1 Å². The van der Waals surface area contributed by atoms with Gasteiger partial charge in [0.1, 0.15) is 4.21 Å². The minimum absolute atomic E-state index is 0.211. The molecule has 0 radical (unpaired) electrons. The highest BCUT2D eigenvalue weighted by molar-refractivity contribution is 7.91. The zero-order valence-corrected chi connectivity index (χ0v) is 10.9. The molecule has 1 aliphatic rings. The highest BCUT2D eigenvalue weighted by Gasteiger charge is 2.46. The summed E-state index contributed by atoms with van der Waals surface area (Å²) >= 11 is 1.27. The van der Waals surface area contributed by atoms with Gasteiger partial charge in [0.25, 0.3) is 10.0 Å². The van der Waals surface area contributed by atoms with Crippen LogP contribution in [-0.4, -0.2) is 36.5 Å². The molecule has 1 aromatic rings. The van der Waals surface area contributed by atoms with Crippen LogP contribution >= 0.6 is 11.3 Å². The van der Waals surface area contributed by atoms with Crippen LogP contribution in [0.15, 0.2) is 16.3 Å². The van der Waals surface area contributed by atoms with Gasteiger partial charge in [-0.15, -0.1) is 11.3 Å². The van der Waals surface area contributed by atoms with Crippen molar-refractivity contribution >= 4 is 21.4 Å². The van der Waals surface area contributed by atoms with Gasteiger partial charge in [-0.05, 0) is 25.5 Å². The Labute approximate surface area is 99.6 Å². The maximum atomic E-state index is 12.1. The Balaban J connectivity index is 2.17. The number of sulfonamides is 1. The van der Waals surface area contributed by atoms with Crippen LogP contribution < -0.4 is 0 Å². The fourth-order valence-corrected chi connectivity index (χ4v) is 4.72. The van der Waals surface area contributed by atoms with Gasteiger partial charge >= 0.3 is 0 Å². The average molecular weight is 261 g/mol. The second kappa shape index (κ2) is 3.80. The van der Waals surface area contributed by atoms with E-state index >= 15 is 0 Å². The molecule has 4 nitrogen and oxygen atoms in total. The molecule has 2 heterocycles. The lowest BCUT2D eigenvalue weighted by Gasteiger charge is -2.44. The topological polar surface area (TPSA) is 57.6 Å². The third-order valence-electron chi connectivity index (χ3n) is 2.91. The fourth-order valence-electron chi connectivity index (χ4n) is 1.68. The molecule has 1 aliphatic heterocycles. The molecule has 0 bridgehead atoms. The SMILES string of the molecule is CCC1(O)CN(S(=O)(=O)c2ccc(C)s2)C1. The summed E-state index contributed by atoms with van der Waals surface area (Å²) < 4.78 is 25.8. The molecule has 90 valence electrons. The van der Waals surface area contributed by atoms with Gasteiger partial charge in [0.15, 0.2) is 0 Å². The Morgan fingerprint density at radius 2 is 2.12 bits per heavy atom. The summed E-state index contributed by atoms with van der Waals surface area (Å²) in [6.45, 7) is 4.16. The Bertz CT molecular complexity index is 486. The minimum Gasteiger partial charge on any atom is -0.387 e. The van der Waals surface area contributed by atoms with E-state index in [1.807, 2.05) is 13.8 Å². The van der Waals surface area contributed by atoms with Gasteiger partial charge in [0.2, 0.25) is 0 Å². The Hall–Kier alpha value is -0.430. The predicted octanol–water partition coefficient (Wildman–Crippen LogP) is 1.20. The van der Waals surface area contributed by atoms with Crippen molar-refractivity contribution in [2.45, 2.75) is 30.1 Å².